The van der Waals surface area contributed by atoms with Crippen LogP contribution < -0.4 is 10.2 Å². The molecule has 2 aliphatic rings. The summed E-state index contributed by atoms with van der Waals surface area (Å²) in [5, 5.41) is 9.19. The van der Waals surface area contributed by atoms with E-state index in [4.69, 9.17) is 5.41 Å². The topological polar surface area (TPSA) is 79.7 Å². The third-order valence-electron chi connectivity index (χ3n) is 5.06. The lowest BCUT2D eigenvalue weighted by Crippen LogP contribution is -2.41. The van der Waals surface area contributed by atoms with E-state index in [1.54, 1.807) is 23.2 Å². The summed E-state index contributed by atoms with van der Waals surface area (Å²) in [5.41, 5.74) is 1.92. The van der Waals surface area contributed by atoms with E-state index in [1.807, 2.05) is 25.1 Å². The fourth-order valence-corrected chi connectivity index (χ4v) is 3.29. The highest BCUT2D eigenvalue weighted by Gasteiger charge is 2.24. The Balaban J connectivity index is 0.000000735. The van der Waals surface area contributed by atoms with Crippen molar-refractivity contribution in [2.75, 3.05) is 51.2 Å². The number of carbonyl (C=O) groups excluding carboxylic acids is 2. The Morgan fingerprint density at radius 1 is 1.23 bits per heavy atom. The average Bonchev–Trinajstić information content (AvgIpc) is 2.96. The first kappa shape index (κ1) is 23.5. The molecule has 2 amide bonds. The number of rotatable bonds is 4. The molecule has 0 unspecified atom stereocenters. The Bertz CT molecular complexity index is 790. The molecule has 0 atom stereocenters. The van der Waals surface area contributed by atoms with E-state index in [-0.39, 0.29) is 11.8 Å². The second-order valence-corrected chi connectivity index (χ2v) is 7.42. The summed E-state index contributed by atoms with van der Waals surface area (Å²) in [6.07, 6.45) is 6.75. The number of nitrogens with zero attached hydrogens (tertiary/aromatic N) is 3. The maximum Gasteiger partial charge on any atom is 0.253 e. The highest BCUT2D eigenvalue weighted by Crippen LogP contribution is 2.24. The zero-order valence-electron chi connectivity index (χ0n) is 18.1. The lowest BCUT2D eigenvalue weighted by atomic mass is 10.1. The van der Waals surface area contributed by atoms with Crippen LogP contribution in [0.25, 0.3) is 0 Å². The molecule has 3 rings (SSSR count). The lowest BCUT2D eigenvalue weighted by molar-refractivity contribution is -0.119. The van der Waals surface area contributed by atoms with Gasteiger partial charge in [0.25, 0.3) is 5.91 Å². The molecule has 2 N–H and O–H groups in total. The molecule has 162 valence electrons. The number of fused-ring (bicyclic) bond motifs is 1. The van der Waals surface area contributed by atoms with Crippen LogP contribution in [0.15, 0.2) is 48.7 Å². The molecule has 1 saturated heterocycles. The predicted molar refractivity (Wildman–Crippen MR) is 122 cm³/mol. The molecule has 1 aromatic rings. The molecule has 30 heavy (non-hydrogen) atoms. The molecule has 0 radical (unpaired) electrons. The van der Waals surface area contributed by atoms with Crippen molar-refractivity contribution in [3.63, 3.8) is 0 Å². The van der Waals surface area contributed by atoms with Crippen LogP contribution >= 0.6 is 0 Å². The lowest BCUT2D eigenvalue weighted by Gasteiger charge is -2.27. The van der Waals surface area contributed by atoms with Crippen LogP contribution in [0.5, 0.6) is 0 Å². The highest BCUT2D eigenvalue weighted by molar-refractivity contribution is 6.06. The molecule has 7 nitrogen and oxygen atoms in total. The summed E-state index contributed by atoms with van der Waals surface area (Å²) >= 11 is 0. The van der Waals surface area contributed by atoms with Crippen molar-refractivity contribution in [2.24, 2.45) is 0 Å². The van der Waals surface area contributed by atoms with Crippen LogP contribution in [-0.2, 0) is 4.79 Å². The standard InChI is InChI=1S/C20H26N4O2.C3H7N/c1-3-16-13-21-20(26)17-7-4-5-8-18(17)24(14-16)19(25)15-23-10-6-9-22(2)11-12-23;1-2-3-4/h3-5,7-8,14H,1,6,9-13,15H2,2H3,(H,21,26);3-4H,2H2,1H3/b16-14-;. The molecule has 7 heteroatoms. The normalized spacial score (nSPS) is 19.5. The number of anilines is 1. The zero-order valence-corrected chi connectivity index (χ0v) is 18.1. The fourth-order valence-electron chi connectivity index (χ4n) is 3.29. The van der Waals surface area contributed by atoms with Gasteiger partial charge < -0.3 is 15.6 Å². The van der Waals surface area contributed by atoms with Gasteiger partial charge in [-0.25, -0.2) is 0 Å². The van der Waals surface area contributed by atoms with Gasteiger partial charge in [0.2, 0.25) is 5.91 Å². The van der Waals surface area contributed by atoms with Crippen LogP contribution in [-0.4, -0.2) is 74.1 Å². The monoisotopic (exact) mass is 411 g/mol. The van der Waals surface area contributed by atoms with E-state index in [1.165, 1.54) is 6.21 Å². The van der Waals surface area contributed by atoms with Gasteiger partial charge in [-0.2, -0.15) is 0 Å². The van der Waals surface area contributed by atoms with Gasteiger partial charge in [-0.05, 0) is 56.9 Å². The van der Waals surface area contributed by atoms with E-state index < -0.39 is 0 Å². The zero-order chi connectivity index (χ0) is 21.9. The van der Waals surface area contributed by atoms with Crippen molar-refractivity contribution in [1.29, 1.82) is 5.41 Å². The molecule has 0 aromatic heterocycles. The summed E-state index contributed by atoms with van der Waals surface area (Å²) < 4.78 is 0. The second kappa shape index (κ2) is 12.0. The molecule has 2 aliphatic heterocycles. The summed E-state index contributed by atoms with van der Waals surface area (Å²) in [7, 11) is 2.11. The number of nitrogens with one attached hydrogen (secondary N) is 2. The molecule has 2 heterocycles. The minimum Gasteiger partial charge on any atom is -0.348 e. The summed E-state index contributed by atoms with van der Waals surface area (Å²) in [5.74, 6) is -0.210. The number of amides is 2. The van der Waals surface area contributed by atoms with E-state index in [0.29, 0.717) is 24.3 Å². The number of para-hydroxylation sites is 1. The minimum absolute atomic E-state index is 0.0314. The smallest absolute Gasteiger partial charge is 0.253 e. The van der Waals surface area contributed by atoms with Gasteiger partial charge in [0.05, 0.1) is 17.8 Å². The number of likely N-dealkylation sites (N-methyl/N-ethyl adjacent to an activating group) is 1. The summed E-state index contributed by atoms with van der Waals surface area (Å²) in [6.45, 7) is 10.2. The Morgan fingerprint density at radius 2 is 1.97 bits per heavy atom. The van der Waals surface area contributed by atoms with Crippen molar-refractivity contribution in [1.82, 2.24) is 15.1 Å². The number of hydrogen-bond donors (Lipinski definition) is 2. The third kappa shape index (κ3) is 6.64. The van der Waals surface area contributed by atoms with Gasteiger partial charge in [-0.15, -0.1) is 0 Å². The van der Waals surface area contributed by atoms with Crippen LogP contribution in [0.1, 0.15) is 30.1 Å². The Morgan fingerprint density at radius 3 is 2.67 bits per heavy atom. The van der Waals surface area contributed by atoms with Crippen molar-refractivity contribution in [3.05, 3.63) is 54.3 Å². The molecular weight excluding hydrogens is 378 g/mol. The third-order valence-corrected chi connectivity index (χ3v) is 5.06. The van der Waals surface area contributed by atoms with Crippen LogP contribution in [0.4, 0.5) is 5.69 Å². The van der Waals surface area contributed by atoms with Gasteiger partial charge in [0.15, 0.2) is 0 Å². The average molecular weight is 412 g/mol. The molecule has 1 fully saturated rings. The Hall–Kier alpha value is -2.77. The first-order valence-corrected chi connectivity index (χ1v) is 10.4. The van der Waals surface area contributed by atoms with Gasteiger partial charge in [0.1, 0.15) is 0 Å². The van der Waals surface area contributed by atoms with Gasteiger partial charge in [-0.1, -0.05) is 31.7 Å². The number of carbonyl (C=O) groups is 2. The van der Waals surface area contributed by atoms with Crippen molar-refractivity contribution < 1.29 is 9.59 Å². The van der Waals surface area contributed by atoms with E-state index >= 15 is 0 Å². The molecule has 0 spiro atoms. The second-order valence-electron chi connectivity index (χ2n) is 7.42. The van der Waals surface area contributed by atoms with Crippen molar-refractivity contribution >= 4 is 23.7 Å². The van der Waals surface area contributed by atoms with Gasteiger partial charge in [-0.3, -0.25) is 19.4 Å². The van der Waals surface area contributed by atoms with Crippen molar-refractivity contribution in [3.8, 4) is 0 Å². The van der Waals surface area contributed by atoms with Crippen LogP contribution in [0.2, 0.25) is 0 Å². The predicted octanol–water partition coefficient (Wildman–Crippen LogP) is 2.52. The SMILES string of the molecule is C=C/C1=C/N(C(=O)CN2CCCN(C)CC2)c2ccccc2C(=O)NC1.CCC=N. The first-order chi connectivity index (χ1) is 14.5. The van der Waals surface area contributed by atoms with Crippen LogP contribution in [0, 0.1) is 5.41 Å². The quantitative estimate of drug-likeness (QED) is 0.746. The Kier molecular flexibility index (Phi) is 9.44. The maximum absolute atomic E-state index is 13.1. The Labute approximate surface area is 179 Å². The van der Waals surface area contributed by atoms with Gasteiger partial charge in [0, 0.05) is 25.8 Å². The van der Waals surface area contributed by atoms with Gasteiger partial charge >= 0.3 is 0 Å². The fraction of sp³-hybridized carbons (Fsp3) is 0.435. The first-order valence-electron chi connectivity index (χ1n) is 10.4. The highest BCUT2D eigenvalue weighted by atomic mass is 16.2. The molecule has 1 aromatic carbocycles. The molecular formula is C23H33N5O2. The van der Waals surface area contributed by atoms with E-state index in [0.717, 1.165) is 44.6 Å². The van der Waals surface area contributed by atoms with E-state index in [9.17, 15) is 9.59 Å². The maximum atomic E-state index is 13.1. The minimum atomic E-state index is -0.178. The molecule has 0 aliphatic carbocycles. The number of hydrogen-bond acceptors (Lipinski definition) is 5. The largest absolute Gasteiger partial charge is 0.348 e. The number of benzene rings is 1. The summed E-state index contributed by atoms with van der Waals surface area (Å²) in [6, 6.07) is 7.21. The molecule has 0 saturated carbocycles. The van der Waals surface area contributed by atoms with Crippen molar-refractivity contribution in [2.45, 2.75) is 19.8 Å². The van der Waals surface area contributed by atoms with Crippen LogP contribution in [0.3, 0.4) is 0 Å². The summed E-state index contributed by atoms with van der Waals surface area (Å²) in [4.78, 5) is 31.6. The van der Waals surface area contributed by atoms with E-state index in [2.05, 4.69) is 28.7 Å². The molecule has 0 bridgehead atoms.